The van der Waals surface area contributed by atoms with Crippen molar-refractivity contribution in [2.24, 2.45) is 5.41 Å². The number of hydrogen-bond donors (Lipinski definition) is 0. The molecule has 1 aliphatic carbocycles. The molecular formula is C9H6F3N. The monoisotopic (exact) mass is 185 g/mol. The molecule has 0 fully saturated rings. The van der Waals surface area contributed by atoms with Crippen molar-refractivity contribution >= 4 is 0 Å². The van der Waals surface area contributed by atoms with E-state index in [2.05, 4.69) is 0 Å². The Morgan fingerprint density at radius 2 is 1.46 bits per heavy atom. The molecule has 0 atom stereocenters. The summed E-state index contributed by atoms with van der Waals surface area (Å²) in [5.74, 6) is 0. The molecule has 0 unspecified atom stereocenters. The highest BCUT2D eigenvalue weighted by Gasteiger charge is 2.52. The second-order valence-electron chi connectivity index (χ2n) is 2.58. The maximum Gasteiger partial charge on any atom is 0.414 e. The summed E-state index contributed by atoms with van der Waals surface area (Å²) in [6.07, 6.45) is 2.44. The minimum absolute atomic E-state index is 0.840. The molecule has 0 N–H and O–H groups in total. The van der Waals surface area contributed by atoms with E-state index in [0.29, 0.717) is 0 Å². The Balaban J connectivity index is 3.17. The van der Waals surface area contributed by atoms with Crippen molar-refractivity contribution in [3.63, 3.8) is 0 Å². The van der Waals surface area contributed by atoms with Crippen molar-refractivity contribution in [3.8, 4) is 6.07 Å². The first-order chi connectivity index (χ1) is 6.02. The summed E-state index contributed by atoms with van der Waals surface area (Å²) in [5, 5.41) is 8.50. The predicted molar refractivity (Wildman–Crippen MR) is 41.5 cm³/mol. The summed E-state index contributed by atoms with van der Waals surface area (Å²) >= 11 is 0. The summed E-state index contributed by atoms with van der Waals surface area (Å²) in [5.41, 5.74) is -2.48. The fourth-order valence-corrected chi connectivity index (χ4v) is 0.925. The van der Waals surface area contributed by atoms with E-state index in [1.807, 2.05) is 0 Å². The highest BCUT2D eigenvalue weighted by atomic mass is 19.4. The Hall–Kier alpha value is -1.50. The summed E-state index contributed by atoms with van der Waals surface area (Å²) < 4.78 is 37.3. The van der Waals surface area contributed by atoms with Gasteiger partial charge < -0.3 is 0 Å². The zero-order valence-electron chi connectivity index (χ0n) is 6.55. The molecule has 0 spiro atoms. The minimum atomic E-state index is -4.57. The highest BCUT2D eigenvalue weighted by molar-refractivity contribution is 5.33. The van der Waals surface area contributed by atoms with Crippen LogP contribution in [0.5, 0.6) is 0 Å². The predicted octanol–water partition coefficient (Wildman–Crippen LogP) is 2.74. The van der Waals surface area contributed by atoms with Crippen molar-refractivity contribution in [2.45, 2.75) is 6.18 Å². The van der Waals surface area contributed by atoms with Crippen LogP contribution in [0.1, 0.15) is 0 Å². The van der Waals surface area contributed by atoms with Gasteiger partial charge in [0.05, 0.1) is 6.07 Å². The van der Waals surface area contributed by atoms with Crippen LogP contribution in [0.15, 0.2) is 36.5 Å². The number of allylic oxidation sites excluding steroid dienone is 6. The van der Waals surface area contributed by atoms with Crippen LogP contribution in [0.2, 0.25) is 0 Å². The van der Waals surface area contributed by atoms with Gasteiger partial charge in [-0.15, -0.1) is 0 Å². The lowest BCUT2D eigenvalue weighted by Gasteiger charge is -2.21. The van der Waals surface area contributed by atoms with Gasteiger partial charge in [-0.2, -0.15) is 18.4 Å². The molecule has 0 radical (unpaired) electrons. The number of halogens is 3. The Bertz CT molecular complexity index is 299. The molecule has 0 bridgehead atoms. The molecule has 0 aromatic heterocycles. The second kappa shape index (κ2) is 3.09. The standard InChI is InChI=1S/C9H6F3N/c10-9(11,12)8(7-13)5-3-1-2-4-6-8/h1-6H. The van der Waals surface area contributed by atoms with Crippen LogP contribution in [0.3, 0.4) is 0 Å². The number of nitriles is 1. The average molecular weight is 185 g/mol. The molecule has 0 aliphatic heterocycles. The number of rotatable bonds is 0. The molecule has 1 aliphatic rings. The Morgan fingerprint density at radius 3 is 1.77 bits per heavy atom. The van der Waals surface area contributed by atoms with Crippen molar-refractivity contribution in [1.82, 2.24) is 0 Å². The fourth-order valence-electron chi connectivity index (χ4n) is 0.925. The van der Waals surface area contributed by atoms with E-state index in [1.54, 1.807) is 0 Å². The normalized spacial score (nSPS) is 19.5. The SMILES string of the molecule is N#CC1(C(F)(F)F)C=CC=CC=C1. The van der Waals surface area contributed by atoms with Gasteiger partial charge in [-0.3, -0.25) is 0 Å². The van der Waals surface area contributed by atoms with E-state index in [0.717, 1.165) is 12.2 Å². The molecular weight excluding hydrogens is 179 g/mol. The topological polar surface area (TPSA) is 23.8 Å². The first kappa shape index (κ1) is 9.59. The van der Waals surface area contributed by atoms with E-state index in [4.69, 9.17) is 5.26 Å². The van der Waals surface area contributed by atoms with Crippen molar-refractivity contribution < 1.29 is 13.2 Å². The first-order valence-corrected chi connectivity index (χ1v) is 3.53. The van der Waals surface area contributed by atoms with Crippen molar-refractivity contribution in [3.05, 3.63) is 36.5 Å². The van der Waals surface area contributed by atoms with E-state index >= 15 is 0 Å². The summed E-state index contributed by atoms with van der Waals surface area (Å²) in [7, 11) is 0. The summed E-state index contributed by atoms with van der Waals surface area (Å²) in [6, 6.07) is 1.26. The third-order valence-corrected chi connectivity index (χ3v) is 1.71. The van der Waals surface area contributed by atoms with Crippen LogP contribution in [-0.2, 0) is 0 Å². The van der Waals surface area contributed by atoms with Gasteiger partial charge >= 0.3 is 6.18 Å². The second-order valence-corrected chi connectivity index (χ2v) is 2.58. The summed E-state index contributed by atoms with van der Waals surface area (Å²) in [6.45, 7) is 0. The number of nitrogens with zero attached hydrogens (tertiary/aromatic N) is 1. The number of alkyl halides is 3. The maximum atomic E-state index is 12.4. The molecule has 0 aromatic rings. The smallest absolute Gasteiger partial charge is 0.197 e. The minimum Gasteiger partial charge on any atom is -0.197 e. The molecule has 0 saturated heterocycles. The molecule has 0 saturated carbocycles. The van der Waals surface area contributed by atoms with Crippen LogP contribution in [-0.4, -0.2) is 6.18 Å². The largest absolute Gasteiger partial charge is 0.414 e. The lowest BCUT2D eigenvalue weighted by atomic mass is 9.88. The lowest BCUT2D eigenvalue weighted by Crippen LogP contribution is -2.32. The van der Waals surface area contributed by atoms with Gasteiger partial charge in [-0.25, -0.2) is 0 Å². The Morgan fingerprint density at radius 1 is 1.00 bits per heavy atom. The van der Waals surface area contributed by atoms with Gasteiger partial charge in [0.15, 0.2) is 5.41 Å². The van der Waals surface area contributed by atoms with Gasteiger partial charge in [0.1, 0.15) is 0 Å². The van der Waals surface area contributed by atoms with Gasteiger partial charge in [0.2, 0.25) is 0 Å². The quantitative estimate of drug-likeness (QED) is 0.569. The maximum absolute atomic E-state index is 12.4. The molecule has 13 heavy (non-hydrogen) atoms. The average Bonchev–Trinajstić information content (AvgIpc) is 2.27. The van der Waals surface area contributed by atoms with Crippen LogP contribution in [0.4, 0.5) is 13.2 Å². The molecule has 0 amide bonds. The molecule has 0 heterocycles. The third kappa shape index (κ3) is 1.64. The van der Waals surface area contributed by atoms with E-state index in [-0.39, 0.29) is 0 Å². The fraction of sp³-hybridized carbons (Fsp3) is 0.222. The number of hydrogen-bond acceptors (Lipinski definition) is 1. The van der Waals surface area contributed by atoms with Gasteiger partial charge in [-0.1, -0.05) is 36.5 Å². The highest BCUT2D eigenvalue weighted by Crippen LogP contribution is 2.40. The van der Waals surface area contributed by atoms with Crippen molar-refractivity contribution in [1.29, 1.82) is 5.26 Å². The van der Waals surface area contributed by atoms with Crippen LogP contribution < -0.4 is 0 Å². The Labute approximate surface area is 73.5 Å². The van der Waals surface area contributed by atoms with Gasteiger partial charge in [0.25, 0.3) is 0 Å². The van der Waals surface area contributed by atoms with Crippen LogP contribution >= 0.6 is 0 Å². The van der Waals surface area contributed by atoms with E-state index in [1.165, 1.54) is 30.4 Å². The van der Waals surface area contributed by atoms with Crippen LogP contribution in [0, 0.1) is 16.7 Å². The lowest BCUT2D eigenvalue weighted by molar-refractivity contribution is -0.171. The molecule has 68 valence electrons. The van der Waals surface area contributed by atoms with Gasteiger partial charge in [-0.05, 0) is 0 Å². The zero-order chi connectivity index (χ0) is 9.95. The molecule has 0 aromatic carbocycles. The van der Waals surface area contributed by atoms with E-state index < -0.39 is 11.6 Å². The zero-order valence-corrected chi connectivity index (χ0v) is 6.55. The molecule has 1 nitrogen and oxygen atoms in total. The first-order valence-electron chi connectivity index (χ1n) is 3.53. The van der Waals surface area contributed by atoms with Gasteiger partial charge in [0, 0.05) is 0 Å². The van der Waals surface area contributed by atoms with Crippen LogP contribution in [0.25, 0.3) is 0 Å². The van der Waals surface area contributed by atoms with E-state index in [9.17, 15) is 13.2 Å². The summed E-state index contributed by atoms with van der Waals surface area (Å²) in [4.78, 5) is 0. The van der Waals surface area contributed by atoms with Crippen molar-refractivity contribution in [2.75, 3.05) is 0 Å². The molecule has 4 heteroatoms. The third-order valence-electron chi connectivity index (χ3n) is 1.71. The Kier molecular flexibility index (Phi) is 2.28. The molecule has 1 rings (SSSR count).